The molecular weight excluding hydrogens is 322 g/mol. The maximum atomic E-state index is 12.6. The zero-order chi connectivity index (χ0) is 17.0. The Morgan fingerprint density at radius 3 is 2.71 bits per heavy atom. The summed E-state index contributed by atoms with van der Waals surface area (Å²) in [5, 5.41) is 4.33. The number of aryl methyl sites for hydroxylation is 1. The number of aromatic nitrogens is 2. The molecule has 1 aromatic carbocycles. The van der Waals surface area contributed by atoms with Gasteiger partial charge in [-0.1, -0.05) is 29.8 Å². The summed E-state index contributed by atoms with van der Waals surface area (Å²) in [4.78, 5) is 0.240. The molecule has 0 unspecified atom stereocenters. The number of hydrogen-bond acceptors (Lipinski definition) is 3. The Morgan fingerprint density at radius 1 is 1.21 bits per heavy atom. The SMILES string of the molecule is Cc1nn(-c2ccccc2)cc1S(=O)(=O)NCCC1=CCCCC1. The molecule has 1 aliphatic rings. The maximum absolute atomic E-state index is 12.6. The van der Waals surface area contributed by atoms with Crippen LogP contribution in [0.15, 0.2) is 53.1 Å². The quantitative estimate of drug-likeness (QED) is 0.817. The van der Waals surface area contributed by atoms with Gasteiger partial charge in [-0.2, -0.15) is 5.10 Å². The van der Waals surface area contributed by atoms with Crippen molar-refractivity contribution in [2.45, 2.75) is 43.9 Å². The van der Waals surface area contributed by atoms with Crippen LogP contribution in [0.25, 0.3) is 5.69 Å². The predicted octanol–water partition coefficient (Wildman–Crippen LogP) is 3.35. The molecule has 1 aromatic heterocycles. The van der Waals surface area contributed by atoms with Crippen LogP contribution >= 0.6 is 0 Å². The molecular formula is C18H23N3O2S. The van der Waals surface area contributed by atoms with Crippen molar-refractivity contribution in [2.75, 3.05) is 6.54 Å². The van der Waals surface area contributed by atoms with E-state index in [1.165, 1.54) is 18.4 Å². The summed E-state index contributed by atoms with van der Waals surface area (Å²) in [7, 11) is -3.54. The molecule has 0 saturated heterocycles. The minimum atomic E-state index is -3.54. The number of sulfonamides is 1. The van der Waals surface area contributed by atoms with Gasteiger partial charge in [0.05, 0.1) is 17.6 Å². The average molecular weight is 345 g/mol. The highest BCUT2D eigenvalue weighted by molar-refractivity contribution is 7.89. The number of allylic oxidation sites excluding steroid dienone is 1. The van der Waals surface area contributed by atoms with Crippen molar-refractivity contribution < 1.29 is 8.42 Å². The van der Waals surface area contributed by atoms with E-state index in [1.807, 2.05) is 30.3 Å². The second-order valence-corrected chi connectivity index (χ2v) is 7.85. The third-order valence-corrected chi connectivity index (χ3v) is 5.85. The zero-order valence-electron chi connectivity index (χ0n) is 13.9. The van der Waals surface area contributed by atoms with Crippen molar-refractivity contribution in [2.24, 2.45) is 0 Å². The van der Waals surface area contributed by atoms with Crippen LogP contribution in [0.2, 0.25) is 0 Å². The van der Waals surface area contributed by atoms with E-state index in [0.29, 0.717) is 12.2 Å². The van der Waals surface area contributed by atoms with E-state index < -0.39 is 10.0 Å². The Balaban J connectivity index is 1.70. The lowest BCUT2D eigenvalue weighted by Crippen LogP contribution is -2.25. The fourth-order valence-electron chi connectivity index (χ4n) is 2.98. The summed E-state index contributed by atoms with van der Waals surface area (Å²) in [6.07, 6.45) is 9.26. The lowest BCUT2D eigenvalue weighted by molar-refractivity contribution is 0.579. The van der Waals surface area contributed by atoms with Crippen LogP contribution in [-0.2, 0) is 10.0 Å². The largest absolute Gasteiger partial charge is 0.243 e. The topological polar surface area (TPSA) is 64.0 Å². The van der Waals surface area contributed by atoms with E-state index >= 15 is 0 Å². The Labute approximate surface area is 143 Å². The van der Waals surface area contributed by atoms with E-state index in [4.69, 9.17) is 0 Å². The van der Waals surface area contributed by atoms with Crippen LogP contribution in [0, 0.1) is 6.92 Å². The highest BCUT2D eigenvalue weighted by Crippen LogP contribution is 2.20. The van der Waals surface area contributed by atoms with Gasteiger partial charge in [0.15, 0.2) is 0 Å². The van der Waals surface area contributed by atoms with Gasteiger partial charge in [0.2, 0.25) is 10.0 Å². The van der Waals surface area contributed by atoms with Crippen LogP contribution in [0.5, 0.6) is 0 Å². The molecule has 0 fully saturated rings. The van der Waals surface area contributed by atoms with Gasteiger partial charge in [-0.25, -0.2) is 17.8 Å². The van der Waals surface area contributed by atoms with Crippen molar-refractivity contribution in [1.82, 2.24) is 14.5 Å². The summed E-state index contributed by atoms with van der Waals surface area (Å²) in [5.74, 6) is 0. The van der Waals surface area contributed by atoms with Crippen molar-refractivity contribution in [3.05, 3.63) is 53.9 Å². The Hall–Kier alpha value is -1.92. The number of rotatable bonds is 6. The molecule has 0 aliphatic heterocycles. The van der Waals surface area contributed by atoms with E-state index in [-0.39, 0.29) is 4.90 Å². The van der Waals surface area contributed by atoms with Crippen LogP contribution in [0.4, 0.5) is 0 Å². The first-order valence-electron chi connectivity index (χ1n) is 8.35. The van der Waals surface area contributed by atoms with Crippen molar-refractivity contribution >= 4 is 10.0 Å². The van der Waals surface area contributed by atoms with Crippen LogP contribution in [0.1, 0.15) is 37.8 Å². The normalized spacial score (nSPS) is 15.3. The number of para-hydroxylation sites is 1. The highest BCUT2D eigenvalue weighted by Gasteiger charge is 2.20. The molecule has 0 radical (unpaired) electrons. The predicted molar refractivity (Wildman–Crippen MR) is 94.7 cm³/mol. The first kappa shape index (κ1) is 16.9. The molecule has 3 rings (SSSR count). The van der Waals surface area contributed by atoms with Crippen LogP contribution in [-0.4, -0.2) is 24.7 Å². The number of hydrogen-bond donors (Lipinski definition) is 1. The number of nitrogens with one attached hydrogen (secondary N) is 1. The molecule has 1 heterocycles. The highest BCUT2D eigenvalue weighted by atomic mass is 32.2. The Morgan fingerprint density at radius 2 is 2.00 bits per heavy atom. The minimum absolute atomic E-state index is 0.240. The summed E-state index contributed by atoms with van der Waals surface area (Å²) < 4.78 is 29.4. The summed E-state index contributed by atoms with van der Waals surface area (Å²) >= 11 is 0. The third kappa shape index (κ3) is 3.94. The summed E-state index contributed by atoms with van der Waals surface area (Å²) in [6, 6.07) is 9.50. The van der Waals surface area contributed by atoms with Crippen molar-refractivity contribution in [3.63, 3.8) is 0 Å². The van der Waals surface area contributed by atoms with E-state index in [2.05, 4.69) is 15.9 Å². The molecule has 5 nitrogen and oxygen atoms in total. The summed E-state index contributed by atoms with van der Waals surface area (Å²) in [5.41, 5.74) is 2.71. The van der Waals surface area contributed by atoms with Gasteiger partial charge in [0.1, 0.15) is 4.90 Å². The monoisotopic (exact) mass is 345 g/mol. The van der Waals surface area contributed by atoms with Crippen molar-refractivity contribution in [3.8, 4) is 5.69 Å². The van der Waals surface area contributed by atoms with Gasteiger partial charge in [0, 0.05) is 6.54 Å². The minimum Gasteiger partial charge on any atom is -0.239 e. The fourth-order valence-corrected chi connectivity index (χ4v) is 4.17. The number of benzene rings is 1. The lowest BCUT2D eigenvalue weighted by atomic mass is 9.97. The van der Waals surface area contributed by atoms with Crippen molar-refractivity contribution in [1.29, 1.82) is 0 Å². The molecule has 0 atom stereocenters. The van der Waals surface area contributed by atoms with Crippen LogP contribution < -0.4 is 4.72 Å². The Kier molecular flexibility index (Phi) is 5.16. The van der Waals surface area contributed by atoms with Gasteiger partial charge in [-0.15, -0.1) is 0 Å². The zero-order valence-corrected chi connectivity index (χ0v) is 14.7. The molecule has 2 aromatic rings. The van der Waals surface area contributed by atoms with Gasteiger partial charge in [-0.05, 0) is 51.2 Å². The first-order valence-corrected chi connectivity index (χ1v) is 9.84. The fraction of sp³-hybridized carbons (Fsp3) is 0.389. The second kappa shape index (κ2) is 7.32. The third-order valence-electron chi connectivity index (χ3n) is 4.29. The summed E-state index contributed by atoms with van der Waals surface area (Å²) in [6.45, 7) is 2.15. The lowest BCUT2D eigenvalue weighted by Gasteiger charge is -2.12. The molecule has 0 saturated carbocycles. The smallest absolute Gasteiger partial charge is 0.239 e. The maximum Gasteiger partial charge on any atom is 0.243 e. The molecule has 0 bridgehead atoms. The Bertz CT molecular complexity index is 823. The first-order chi connectivity index (χ1) is 11.6. The van der Waals surface area contributed by atoms with E-state index in [1.54, 1.807) is 17.8 Å². The molecule has 0 amide bonds. The molecule has 128 valence electrons. The molecule has 24 heavy (non-hydrogen) atoms. The van der Waals surface area contributed by atoms with Gasteiger partial charge in [-0.3, -0.25) is 0 Å². The molecule has 1 N–H and O–H groups in total. The standard InChI is InChI=1S/C18H23N3O2S/c1-15-18(14-21(20-15)17-10-6-3-7-11-17)24(22,23)19-13-12-16-8-4-2-5-9-16/h3,6-8,10-11,14,19H,2,4-5,9,12-13H2,1H3. The molecule has 1 aliphatic carbocycles. The number of nitrogens with zero attached hydrogens (tertiary/aromatic N) is 2. The van der Waals surface area contributed by atoms with Crippen LogP contribution in [0.3, 0.4) is 0 Å². The van der Waals surface area contributed by atoms with Gasteiger partial charge < -0.3 is 0 Å². The van der Waals surface area contributed by atoms with E-state index in [9.17, 15) is 8.42 Å². The van der Waals surface area contributed by atoms with Gasteiger partial charge >= 0.3 is 0 Å². The van der Waals surface area contributed by atoms with Gasteiger partial charge in [0.25, 0.3) is 0 Å². The molecule has 6 heteroatoms. The second-order valence-electron chi connectivity index (χ2n) is 6.11. The average Bonchev–Trinajstić information content (AvgIpc) is 2.99. The molecule has 0 spiro atoms. The van der Waals surface area contributed by atoms with E-state index in [0.717, 1.165) is 24.9 Å².